The largest absolute Gasteiger partial charge is 0.478 e. The van der Waals surface area contributed by atoms with Crippen LogP contribution in [0.15, 0.2) is 54.6 Å². The highest BCUT2D eigenvalue weighted by Gasteiger charge is 1.97. The zero-order valence-electron chi connectivity index (χ0n) is 19.2. The molecule has 0 aliphatic carbocycles. The Morgan fingerprint density at radius 3 is 1.84 bits per heavy atom. The molecule has 0 heterocycles. The second-order valence-corrected chi connectivity index (χ2v) is 8.92. The van der Waals surface area contributed by atoms with Crippen LogP contribution in [0.2, 0.25) is 5.02 Å². The van der Waals surface area contributed by atoms with Gasteiger partial charge in [-0.05, 0) is 60.7 Å². The maximum Gasteiger partial charge on any atom is 0.328 e. The highest BCUT2D eigenvalue weighted by Crippen LogP contribution is 2.15. The van der Waals surface area contributed by atoms with Crippen molar-refractivity contribution in [1.29, 1.82) is 0 Å². The summed E-state index contributed by atoms with van der Waals surface area (Å²) < 4.78 is 0. The van der Waals surface area contributed by atoms with Gasteiger partial charge in [0, 0.05) is 23.3 Å². The third kappa shape index (κ3) is 12.6. The number of halogens is 1. The normalized spacial score (nSPS) is 11.2. The minimum absolute atomic E-state index is 0.821. The van der Waals surface area contributed by atoms with E-state index in [1.807, 2.05) is 36.4 Å². The summed E-state index contributed by atoms with van der Waals surface area (Å²) >= 11 is 5.92. The molecule has 4 heteroatoms. The Bertz CT molecular complexity index is 784. The predicted molar refractivity (Wildman–Crippen MR) is 138 cm³/mol. The molecule has 0 fully saturated rings. The molecule has 2 aromatic rings. The van der Waals surface area contributed by atoms with Gasteiger partial charge in [-0.2, -0.15) is 0 Å². The minimum atomic E-state index is -0.923. The van der Waals surface area contributed by atoms with Crippen LogP contribution >= 0.6 is 11.6 Å². The van der Waals surface area contributed by atoms with Crippen molar-refractivity contribution in [2.45, 2.75) is 77.0 Å². The summed E-state index contributed by atoms with van der Waals surface area (Å²) in [5.41, 5.74) is 3.38. The van der Waals surface area contributed by atoms with E-state index in [0.717, 1.165) is 28.9 Å². The first kappa shape index (κ1) is 26.0. The quantitative estimate of drug-likeness (QED) is 0.186. The lowest BCUT2D eigenvalue weighted by Crippen LogP contribution is -2.01. The van der Waals surface area contributed by atoms with Gasteiger partial charge in [0.1, 0.15) is 0 Å². The second-order valence-electron chi connectivity index (χ2n) is 8.49. The molecule has 0 aromatic heterocycles. The number of carbonyl (C=O) groups is 1. The smallest absolute Gasteiger partial charge is 0.328 e. The number of aryl methyl sites for hydroxylation is 1. The van der Waals surface area contributed by atoms with E-state index in [4.69, 9.17) is 16.7 Å². The standard InChI is InChI=1S/C28H38ClNO2/c29-26-18-13-24(14-19-26)12-10-8-6-4-2-1-3-5-7-9-11-23-30-27-20-15-25(16-21-27)17-22-28(31)32/h13-22,30H,1-12,23H2,(H,31,32). The van der Waals surface area contributed by atoms with Crippen LogP contribution in [0.4, 0.5) is 5.69 Å². The van der Waals surface area contributed by atoms with Crippen molar-refractivity contribution >= 4 is 29.3 Å². The van der Waals surface area contributed by atoms with Crippen LogP contribution in [0.1, 0.15) is 81.8 Å². The number of aliphatic carboxylic acids is 1. The fraction of sp³-hybridized carbons (Fsp3) is 0.464. The van der Waals surface area contributed by atoms with Crippen LogP contribution in [-0.4, -0.2) is 17.6 Å². The van der Waals surface area contributed by atoms with Gasteiger partial charge in [0.05, 0.1) is 0 Å². The van der Waals surface area contributed by atoms with Crippen LogP contribution < -0.4 is 5.32 Å². The van der Waals surface area contributed by atoms with E-state index in [9.17, 15) is 4.79 Å². The number of rotatable bonds is 17. The first-order valence-corrected chi connectivity index (χ1v) is 12.5. The fourth-order valence-corrected chi connectivity index (χ4v) is 3.93. The summed E-state index contributed by atoms with van der Waals surface area (Å²) in [5.74, 6) is -0.923. The molecular formula is C28H38ClNO2. The topological polar surface area (TPSA) is 49.3 Å². The van der Waals surface area contributed by atoms with E-state index in [-0.39, 0.29) is 0 Å². The van der Waals surface area contributed by atoms with E-state index < -0.39 is 5.97 Å². The Balaban J connectivity index is 1.35. The third-order valence-corrected chi connectivity index (χ3v) is 5.97. The molecule has 32 heavy (non-hydrogen) atoms. The summed E-state index contributed by atoms with van der Waals surface area (Å²) in [6, 6.07) is 16.1. The van der Waals surface area contributed by atoms with Gasteiger partial charge in [-0.25, -0.2) is 4.79 Å². The molecule has 0 spiro atoms. The van der Waals surface area contributed by atoms with E-state index in [1.165, 1.54) is 82.6 Å². The Labute approximate surface area is 198 Å². The molecule has 2 rings (SSSR count). The molecule has 0 unspecified atom stereocenters. The molecule has 0 bridgehead atoms. The molecule has 0 aliphatic rings. The Hall–Kier alpha value is -2.26. The number of hydrogen-bond donors (Lipinski definition) is 2. The summed E-state index contributed by atoms with van der Waals surface area (Å²) in [6.07, 6.45) is 18.5. The zero-order chi connectivity index (χ0) is 22.9. The molecule has 0 aliphatic heterocycles. The van der Waals surface area contributed by atoms with Gasteiger partial charge in [0.2, 0.25) is 0 Å². The van der Waals surface area contributed by atoms with Gasteiger partial charge in [0.25, 0.3) is 0 Å². The molecule has 0 radical (unpaired) electrons. The summed E-state index contributed by atoms with van der Waals surface area (Å²) in [5, 5.41) is 12.9. The molecule has 174 valence electrons. The van der Waals surface area contributed by atoms with E-state index in [2.05, 4.69) is 17.4 Å². The molecule has 0 saturated carbocycles. The maximum absolute atomic E-state index is 10.5. The summed E-state index contributed by atoms with van der Waals surface area (Å²) in [7, 11) is 0. The van der Waals surface area contributed by atoms with Crippen molar-refractivity contribution < 1.29 is 9.90 Å². The summed E-state index contributed by atoms with van der Waals surface area (Å²) in [6.45, 7) is 0.986. The van der Waals surface area contributed by atoms with E-state index >= 15 is 0 Å². The number of benzene rings is 2. The third-order valence-electron chi connectivity index (χ3n) is 5.71. The monoisotopic (exact) mass is 455 g/mol. The van der Waals surface area contributed by atoms with Crippen LogP contribution in [0, 0.1) is 0 Å². The van der Waals surface area contributed by atoms with Crippen LogP contribution in [0.3, 0.4) is 0 Å². The highest BCUT2D eigenvalue weighted by molar-refractivity contribution is 6.30. The molecule has 3 nitrogen and oxygen atoms in total. The molecule has 2 N–H and O–H groups in total. The Morgan fingerprint density at radius 1 is 0.750 bits per heavy atom. The lowest BCUT2D eigenvalue weighted by molar-refractivity contribution is -0.131. The number of unbranched alkanes of at least 4 members (excludes halogenated alkanes) is 10. The van der Waals surface area contributed by atoms with Gasteiger partial charge in [-0.3, -0.25) is 0 Å². The molecular weight excluding hydrogens is 418 g/mol. The zero-order valence-corrected chi connectivity index (χ0v) is 20.0. The first-order chi connectivity index (χ1) is 15.6. The Kier molecular flexibility index (Phi) is 13.3. The highest BCUT2D eigenvalue weighted by atomic mass is 35.5. The number of carboxylic acids is 1. The van der Waals surface area contributed by atoms with E-state index in [1.54, 1.807) is 6.08 Å². The van der Waals surface area contributed by atoms with Gasteiger partial charge < -0.3 is 10.4 Å². The van der Waals surface area contributed by atoms with Crippen LogP contribution in [0.25, 0.3) is 6.08 Å². The first-order valence-electron chi connectivity index (χ1n) is 12.1. The predicted octanol–water partition coefficient (Wildman–Crippen LogP) is 8.38. The van der Waals surface area contributed by atoms with Crippen molar-refractivity contribution in [3.05, 3.63) is 70.8 Å². The molecule has 2 aromatic carbocycles. The van der Waals surface area contributed by atoms with Gasteiger partial charge in [0.15, 0.2) is 0 Å². The SMILES string of the molecule is O=C(O)C=Cc1ccc(NCCCCCCCCCCCCCc2ccc(Cl)cc2)cc1. The number of carboxylic acid groups (broad SMARTS) is 1. The number of anilines is 1. The minimum Gasteiger partial charge on any atom is -0.478 e. The van der Waals surface area contributed by atoms with E-state index in [0.29, 0.717) is 0 Å². The van der Waals surface area contributed by atoms with Crippen molar-refractivity contribution in [2.24, 2.45) is 0 Å². The maximum atomic E-state index is 10.5. The molecule has 0 atom stereocenters. The molecule has 0 saturated heterocycles. The van der Waals surface area contributed by atoms with Gasteiger partial charge >= 0.3 is 5.97 Å². The van der Waals surface area contributed by atoms with Crippen molar-refractivity contribution in [1.82, 2.24) is 0 Å². The number of hydrogen-bond acceptors (Lipinski definition) is 2. The Morgan fingerprint density at radius 2 is 1.28 bits per heavy atom. The van der Waals surface area contributed by atoms with Gasteiger partial charge in [-0.1, -0.05) is 93.7 Å². The van der Waals surface area contributed by atoms with Crippen LogP contribution in [0.5, 0.6) is 0 Å². The second kappa shape index (κ2) is 16.4. The average molecular weight is 456 g/mol. The van der Waals surface area contributed by atoms with Crippen molar-refractivity contribution in [3.63, 3.8) is 0 Å². The fourth-order valence-electron chi connectivity index (χ4n) is 3.81. The lowest BCUT2D eigenvalue weighted by atomic mass is 10.0. The number of nitrogens with one attached hydrogen (secondary N) is 1. The van der Waals surface area contributed by atoms with Crippen molar-refractivity contribution in [3.8, 4) is 0 Å². The summed E-state index contributed by atoms with van der Waals surface area (Å²) in [4.78, 5) is 10.5. The van der Waals surface area contributed by atoms with Gasteiger partial charge in [-0.15, -0.1) is 0 Å². The van der Waals surface area contributed by atoms with Crippen LogP contribution in [-0.2, 0) is 11.2 Å². The lowest BCUT2D eigenvalue weighted by Gasteiger charge is -2.07. The molecule has 0 amide bonds. The van der Waals surface area contributed by atoms with Crippen molar-refractivity contribution in [2.75, 3.05) is 11.9 Å². The average Bonchev–Trinajstić information content (AvgIpc) is 2.80.